The van der Waals surface area contributed by atoms with Crippen molar-refractivity contribution in [3.63, 3.8) is 0 Å². The summed E-state index contributed by atoms with van der Waals surface area (Å²) in [5.74, 6) is -2.07. The van der Waals surface area contributed by atoms with Gasteiger partial charge in [0.05, 0.1) is 0 Å². The molecule has 1 rings (SSSR count). The Morgan fingerprint density at radius 2 is 1.40 bits per heavy atom. The van der Waals surface area contributed by atoms with Crippen molar-refractivity contribution < 1.29 is 38.1 Å². The molecule has 0 saturated heterocycles. The molecule has 4 amide bonds. The zero-order chi connectivity index (χ0) is 31.9. The quantitative estimate of drug-likeness (QED) is 0.117. The fourth-order valence-electron chi connectivity index (χ4n) is 4.38. The number of hydrogen-bond donors (Lipinski definition) is 5. The Hall–Kier alpha value is -2.95. The Kier molecular flexibility index (Phi) is 16.4. The van der Waals surface area contributed by atoms with Crippen molar-refractivity contribution in [1.29, 1.82) is 0 Å². The normalized spacial score (nSPS) is 13.5. The first-order valence-electron chi connectivity index (χ1n) is 14.7. The van der Waals surface area contributed by atoms with Crippen LogP contribution in [0.2, 0.25) is 0 Å². The van der Waals surface area contributed by atoms with Gasteiger partial charge in [-0.05, 0) is 43.4 Å². The van der Waals surface area contributed by atoms with Crippen LogP contribution < -0.4 is 20.5 Å². The van der Waals surface area contributed by atoms with Gasteiger partial charge in [0.15, 0.2) is 0 Å². The van der Waals surface area contributed by atoms with Gasteiger partial charge in [0, 0.05) is 26.4 Å². The number of rotatable bonds is 19. The third kappa shape index (κ3) is 14.3. The first-order chi connectivity index (χ1) is 19.7. The van der Waals surface area contributed by atoms with Gasteiger partial charge in [-0.15, -0.1) is 0 Å². The average molecular weight is 613 g/mol. The molecule has 42 heavy (non-hydrogen) atoms. The van der Waals surface area contributed by atoms with Gasteiger partial charge in [-0.2, -0.15) is 0 Å². The Morgan fingerprint density at radius 1 is 0.857 bits per heavy atom. The molecule has 12 nitrogen and oxygen atoms in total. The van der Waals surface area contributed by atoms with Crippen LogP contribution in [0.3, 0.4) is 0 Å². The molecular formula is C29H49N4O8P. The molecule has 5 N–H and O–H groups in total. The summed E-state index contributed by atoms with van der Waals surface area (Å²) in [5.41, 5.74) is 0.581. The van der Waals surface area contributed by atoms with Gasteiger partial charge in [0.25, 0.3) is 0 Å². The van der Waals surface area contributed by atoms with Gasteiger partial charge in [-0.1, -0.05) is 65.5 Å². The van der Waals surface area contributed by atoms with E-state index < -0.39 is 43.7 Å². The van der Waals surface area contributed by atoms with Crippen molar-refractivity contribution >= 4 is 31.5 Å². The second-order valence-electron chi connectivity index (χ2n) is 10.9. The van der Waals surface area contributed by atoms with E-state index in [2.05, 4.69) is 34.3 Å². The maximum absolute atomic E-state index is 13.3. The Morgan fingerprint density at radius 3 is 1.86 bits per heavy atom. The number of benzene rings is 1. The molecule has 0 saturated carbocycles. The molecule has 0 aromatic heterocycles. The van der Waals surface area contributed by atoms with Gasteiger partial charge < -0.3 is 25.4 Å². The predicted octanol–water partition coefficient (Wildman–Crippen LogP) is 3.06. The molecule has 0 aliphatic heterocycles. The molecule has 0 fully saturated rings. The molecule has 3 atom stereocenters. The van der Waals surface area contributed by atoms with Crippen LogP contribution in [0.4, 0.5) is 0 Å². The first kappa shape index (κ1) is 37.1. The van der Waals surface area contributed by atoms with Crippen molar-refractivity contribution in [2.45, 2.75) is 105 Å². The van der Waals surface area contributed by atoms with Crippen LogP contribution in [-0.2, 0) is 30.2 Å². The lowest BCUT2D eigenvalue weighted by molar-refractivity contribution is -0.137. The number of phosphoric ester groups is 1. The van der Waals surface area contributed by atoms with E-state index in [-0.39, 0.29) is 24.0 Å². The minimum atomic E-state index is -4.72. The number of amides is 4. The highest BCUT2D eigenvalue weighted by Crippen LogP contribution is 2.37. The summed E-state index contributed by atoms with van der Waals surface area (Å²) in [7, 11) is -4.72. The Bertz CT molecular complexity index is 1050. The number of nitrogens with zero attached hydrogens (tertiary/aromatic N) is 1. The third-order valence-electron chi connectivity index (χ3n) is 6.63. The van der Waals surface area contributed by atoms with E-state index >= 15 is 0 Å². The van der Waals surface area contributed by atoms with E-state index in [1.807, 2.05) is 4.90 Å². The molecule has 0 unspecified atom stereocenters. The van der Waals surface area contributed by atoms with Crippen LogP contribution in [0.5, 0.6) is 5.75 Å². The van der Waals surface area contributed by atoms with E-state index in [4.69, 9.17) is 9.79 Å². The van der Waals surface area contributed by atoms with Crippen LogP contribution in [0.15, 0.2) is 24.3 Å². The number of phosphoric acid groups is 1. The Balaban J connectivity index is 2.96. The van der Waals surface area contributed by atoms with Crippen LogP contribution >= 0.6 is 7.82 Å². The molecule has 0 bridgehead atoms. The van der Waals surface area contributed by atoms with Gasteiger partial charge in [-0.3, -0.25) is 29.0 Å². The lowest BCUT2D eigenvalue weighted by Crippen LogP contribution is -2.58. The second-order valence-corrected chi connectivity index (χ2v) is 12.0. The molecule has 0 spiro atoms. The molecule has 1 aromatic carbocycles. The lowest BCUT2D eigenvalue weighted by Gasteiger charge is -2.29. The number of nitrogens with one attached hydrogen (secondary N) is 3. The number of hydrogen-bond acceptors (Lipinski definition) is 6. The summed E-state index contributed by atoms with van der Waals surface area (Å²) in [6.07, 6.45) is 5.94. The largest absolute Gasteiger partial charge is 0.524 e. The fourth-order valence-corrected chi connectivity index (χ4v) is 4.78. The SMILES string of the molecule is CCCCCN(CCCCC)C(=O)[C@@H](C)NC(=O)[C@@H](NC(=O)[C@H](Cc1ccc(OP(=O)(O)O)cc1)NC(C)=O)C(C)C. The lowest BCUT2D eigenvalue weighted by atomic mass is 10.0. The summed E-state index contributed by atoms with van der Waals surface area (Å²) >= 11 is 0. The molecule has 0 aliphatic carbocycles. The molecule has 238 valence electrons. The highest BCUT2D eigenvalue weighted by atomic mass is 31.2. The molecule has 0 heterocycles. The maximum Gasteiger partial charge on any atom is 0.524 e. The van der Waals surface area contributed by atoms with Crippen molar-refractivity contribution in [2.24, 2.45) is 5.92 Å². The number of unbranched alkanes of at least 4 members (excludes halogenated alkanes) is 4. The molecular weight excluding hydrogens is 563 g/mol. The molecule has 0 aliphatic rings. The fraction of sp³-hybridized carbons (Fsp3) is 0.655. The zero-order valence-electron chi connectivity index (χ0n) is 25.7. The first-order valence-corrected chi connectivity index (χ1v) is 16.2. The van der Waals surface area contributed by atoms with Gasteiger partial charge >= 0.3 is 7.82 Å². The summed E-state index contributed by atoms with van der Waals surface area (Å²) in [5, 5.41) is 8.08. The summed E-state index contributed by atoms with van der Waals surface area (Å²) in [6, 6.07) is 2.94. The van der Waals surface area contributed by atoms with Crippen LogP contribution in [0.1, 0.15) is 85.6 Å². The van der Waals surface area contributed by atoms with Crippen LogP contribution in [-0.4, -0.2) is 69.5 Å². The summed E-state index contributed by atoms with van der Waals surface area (Å²) in [6.45, 7) is 11.9. The molecule has 1 aromatic rings. The van der Waals surface area contributed by atoms with Crippen molar-refractivity contribution in [1.82, 2.24) is 20.9 Å². The summed E-state index contributed by atoms with van der Waals surface area (Å²) < 4.78 is 15.6. The molecule has 0 radical (unpaired) electrons. The smallest absolute Gasteiger partial charge is 0.404 e. The maximum atomic E-state index is 13.3. The number of carbonyl (C=O) groups is 4. The Labute approximate surface area is 249 Å². The highest BCUT2D eigenvalue weighted by molar-refractivity contribution is 7.46. The van der Waals surface area contributed by atoms with E-state index in [1.165, 1.54) is 31.2 Å². The monoisotopic (exact) mass is 612 g/mol. The van der Waals surface area contributed by atoms with Crippen molar-refractivity contribution in [3.8, 4) is 5.75 Å². The molecule has 13 heteroatoms. The second kappa shape index (κ2) is 18.6. The van der Waals surface area contributed by atoms with Crippen molar-refractivity contribution in [3.05, 3.63) is 29.8 Å². The van der Waals surface area contributed by atoms with Crippen LogP contribution in [0.25, 0.3) is 0 Å². The van der Waals surface area contributed by atoms with E-state index in [9.17, 15) is 23.7 Å². The van der Waals surface area contributed by atoms with Gasteiger partial charge in [0.2, 0.25) is 23.6 Å². The summed E-state index contributed by atoms with van der Waals surface area (Å²) in [4.78, 5) is 71.4. The average Bonchev–Trinajstić information content (AvgIpc) is 2.89. The van der Waals surface area contributed by atoms with Gasteiger partial charge in [0.1, 0.15) is 23.9 Å². The topological polar surface area (TPSA) is 174 Å². The zero-order valence-corrected chi connectivity index (χ0v) is 26.6. The predicted molar refractivity (Wildman–Crippen MR) is 160 cm³/mol. The van der Waals surface area contributed by atoms with E-state index in [0.717, 1.165) is 38.5 Å². The van der Waals surface area contributed by atoms with Crippen LogP contribution in [0, 0.1) is 5.92 Å². The standard InChI is InChI=1S/C29H49N4O8P/c1-7-9-11-17-33(18-12-10-8-2)29(37)21(5)30-28(36)26(20(3)4)32-27(35)25(31-22(6)34)19-23-13-15-24(16-14-23)41-42(38,39)40/h13-16,20-21,25-26H,7-12,17-19H2,1-6H3,(H,30,36)(H,31,34)(H,32,35)(H2,38,39,40)/t21-,25+,26+/m1/s1. The number of carbonyl (C=O) groups excluding carboxylic acids is 4. The minimum Gasteiger partial charge on any atom is -0.404 e. The van der Waals surface area contributed by atoms with Crippen molar-refractivity contribution in [2.75, 3.05) is 13.1 Å². The van der Waals surface area contributed by atoms with Gasteiger partial charge in [-0.25, -0.2) is 4.57 Å². The van der Waals surface area contributed by atoms with E-state index in [0.29, 0.717) is 18.7 Å². The third-order valence-corrected chi connectivity index (χ3v) is 7.08. The minimum absolute atomic E-state index is 0.0490. The van der Waals surface area contributed by atoms with E-state index in [1.54, 1.807) is 20.8 Å². The highest BCUT2D eigenvalue weighted by Gasteiger charge is 2.31.